The maximum Gasteiger partial charge on any atom is 0.399 e. The first-order valence-corrected chi connectivity index (χ1v) is 3.76. The van der Waals surface area contributed by atoms with Crippen LogP contribution >= 0.6 is 0 Å². The summed E-state index contributed by atoms with van der Waals surface area (Å²) in [6.07, 6.45) is 0. The normalized spacial score (nSPS) is 8.64. The number of aromatic carboxylic acids is 1. The van der Waals surface area contributed by atoms with Gasteiger partial charge < -0.3 is 17.5 Å². The highest BCUT2D eigenvalue weighted by molar-refractivity contribution is 5.96. The largest absolute Gasteiger partial charge is 1.00 e. The average Bonchev–Trinajstić information content (AvgIpc) is 2.08. The molecule has 5 heteroatoms. The molecular weight excluding hydrogens is 204 g/mol. The predicted octanol–water partition coefficient (Wildman–Crippen LogP) is -0.510. The van der Waals surface area contributed by atoms with Crippen LogP contribution in [0.25, 0.3) is 4.98 Å². The van der Waals surface area contributed by atoms with Gasteiger partial charge in [0.25, 0.3) is 0 Å². The van der Waals surface area contributed by atoms with Crippen molar-refractivity contribution in [2.75, 3.05) is 0 Å². The smallest absolute Gasteiger partial charge is 0.399 e. The fraction of sp³-hybridized carbons (Fsp3) is 0.222. The molecule has 0 aliphatic heterocycles. The molecule has 0 spiro atoms. The predicted molar refractivity (Wildman–Crippen MR) is 47.6 cm³/mol. The van der Waals surface area contributed by atoms with Crippen LogP contribution in [0.5, 0.6) is 0 Å². The molecule has 1 aromatic rings. The van der Waals surface area contributed by atoms with Crippen molar-refractivity contribution < 1.29 is 22.3 Å². The molecule has 0 atom stereocenters. The summed E-state index contributed by atoms with van der Waals surface area (Å²) in [5.74, 6) is -1.08. The molecule has 0 radical (unpaired) electrons. The summed E-state index contributed by atoms with van der Waals surface area (Å²) in [6, 6.07) is 3.20. The van der Waals surface area contributed by atoms with Crippen LogP contribution in [0.3, 0.4) is 0 Å². The molecule has 0 saturated heterocycles. The Hall–Kier alpha value is -1.60. The molecular formula is C9H9ClN2O2. The quantitative estimate of drug-likeness (QED) is 0.638. The number of rotatable bonds is 1. The highest BCUT2D eigenvalue weighted by atomic mass is 35.5. The van der Waals surface area contributed by atoms with Gasteiger partial charge in [0.2, 0.25) is 5.39 Å². The lowest BCUT2D eigenvalue weighted by molar-refractivity contribution is -0.0000188. The van der Waals surface area contributed by atoms with E-state index in [1.165, 1.54) is 6.07 Å². The van der Waals surface area contributed by atoms with Crippen molar-refractivity contribution in [2.45, 2.75) is 13.8 Å². The molecule has 0 aliphatic carbocycles. The minimum atomic E-state index is -1.08. The summed E-state index contributed by atoms with van der Waals surface area (Å²) < 4.78 is 0. The van der Waals surface area contributed by atoms with Crippen LogP contribution < -0.4 is 12.4 Å². The molecule has 1 N–H and O–H groups in total. The van der Waals surface area contributed by atoms with E-state index in [1.807, 2.05) is 6.92 Å². The number of aryl methyl sites for hydroxylation is 1. The molecule has 0 unspecified atom stereocenters. The number of hydrogen-bond acceptors (Lipinski definition) is 2. The van der Waals surface area contributed by atoms with E-state index in [4.69, 9.17) is 10.5 Å². The molecule has 4 nitrogen and oxygen atoms in total. The van der Waals surface area contributed by atoms with Gasteiger partial charge in [-0.2, -0.15) is 0 Å². The van der Waals surface area contributed by atoms with Crippen LogP contribution in [0.1, 0.15) is 21.5 Å². The number of carboxylic acids is 1. The lowest BCUT2D eigenvalue weighted by Crippen LogP contribution is -3.00. The third kappa shape index (κ3) is 2.01. The van der Waals surface area contributed by atoms with Gasteiger partial charge in [-0.3, -0.25) is 0 Å². The van der Waals surface area contributed by atoms with Crippen molar-refractivity contribution in [1.82, 2.24) is 0 Å². The van der Waals surface area contributed by atoms with Gasteiger partial charge in [0, 0.05) is 6.07 Å². The Morgan fingerprint density at radius 2 is 2.00 bits per heavy atom. The average molecular weight is 213 g/mol. The van der Waals surface area contributed by atoms with E-state index >= 15 is 0 Å². The number of carboxylic acid groups (broad SMARTS) is 1. The van der Waals surface area contributed by atoms with Crippen molar-refractivity contribution in [3.8, 4) is 0 Å². The van der Waals surface area contributed by atoms with Gasteiger partial charge in [-0.05, 0) is 25.0 Å². The van der Waals surface area contributed by atoms with Gasteiger partial charge in [0.05, 0.1) is 0 Å². The van der Waals surface area contributed by atoms with Gasteiger partial charge in [0.15, 0.2) is 10.5 Å². The Morgan fingerprint density at radius 1 is 1.43 bits per heavy atom. The topological polar surface area (TPSA) is 65.5 Å². The molecule has 74 valence electrons. The molecule has 0 aliphatic rings. The van der Waals surface area contributed by atoms with E-state index in [-0.39, 0.29) is 23.7 Å². The summed E-state index contributed by atoms with van der Waals surface area (Å²) in [5.41, 5.74) is 1.64. The molecule has 0 fully saturated rings. The van der Waals surface area contributed by atoms with Gasteiger partial charge in [-0.25, -0.2) is 4.79 Å². The van der Waals surface area contributed by atoms with Crippen molar-refractivity contribution in [3.05, 3.63) is 33.8 Å². The van der Waals surface area contributed by atoms with Crippen molar-refractivity contribution >= 4 is 11.7 Å². The van der Waals surface area contributed by atoms with Crippen LogP contribution in [-0.2, 0) is 0 Å². The molecule has 0 heterocycles. The van der Waals surface area contributed by atoms with Crippen molar-refractivity contribution in [2.24, 2.45) is 0 Å². The van der Waals surface area contributed by atoms with Crippen molar-refractivity contribution in [3.63, 3.8) is 0 Å². The third-order valence-electron chi connectivity index (χ3n) is 2.04. The van der Waals surface area contributed by atoms with E-state index < -0.39 is 5.97 Å². The SMILES string of the molecule is Cc1ccc([N+]#N)c(C(=O)O)c1C.[Cl-]. The molecule has 0 aromatic heterocycles. The summed E-state index contributed by atoms with van der Waals surface area (Å²) >= 11 is 0. The van der Waals surface area contributed by atoms with E-state index in [1.54, 1.807) is 13.0 Å². The Kier molecular flexibility index (Phi) is 4.06. The minimum absolute atomic E-state index is 0. The van der Waals surface area contributed by atoms with Crippen LogP contribution in [0, 0.1) is 19.2 Å². The highest BCUT2D eigenvalue weighted by Crippen LogP contribution is 2.24. The lowest BCUT2D eigenvalue weighted by atomic mass is 10.0. The first kappa shape index (κ1) is 12.4. The zero-order valence-corrected chi connectivity index (χ0v) is 8.54. The number of diazo groups is 1. The van der Waals surface area contributed by atoms with Crippen LogP contribution in [-0.4, -0.2) is 11.1 Å². The Bertz CT molecular complexity index is 410. The number of hydrogen-bond donors (Lipinski definition) is 1. The van der Waals surface area contributed by atoms with Crippen molar-refractivity contribution in [1.29, 1.82) is 5.39 Å². The Balaban J connectivity index is 0.00000169. The van der Waals surface area contributed by atoms with Gasteiger partial charge in [0.1, 0.15) is 0 Å². The maximum atomic E-state index is 10.8. The van der Waals surface area contributed by atoms with Gasteiger partial charge in [-0.15, -0.1) is 0 Å². The first-order chi connectivity index (χ1) is 6.07. The Morgan fingerprint density at radius 3 is 2.43 bits per heavy atom. The molecule has 0 amide bonds. The van der Waals surface area contributed by atoms with Crippen LogP contribution in [0.2, 0.25) is 0 Å². The lowest BCUT2D eigenvalue weighted by Gasteiger charge is -2.00. The number of carbonyl (C=O) groups is 1. The number of nitrogens with zero attached hydrogens (tertiary/aromatic N) is 2. The molecule has 14 heavy (non-hydrogen) atoms. The second kappa shape index (κ2) is 4.58. The Labute approximate surface area is 87.6 Å². The standard InChI is InChI=1S/C9H8N2O2.ClH/c1-5-3-4-7(11-10)8(6(5)2)9(12)13;/h3-4H,1-2H3;1H. The fourth-order valence-electron chi connectivity index (χ4n) is 1.15. The third-order valence-corrected chi connectivity index (χ3v) is 2.04. The fourth-order valence-corrected chi connectivity index (χ4v) is 1.15. The molecule has 1 aromatic carbocycles. The second-order valence-electron chi connectivity index (χ2n) is 2.81. The molecule has 0 saturated carbocycles. The van der Waals surface area contributed by atoms with E-state index in [9.17, 15) is 4.79 Å². The van der Waals surface area contributed by atoms with Crippen LogP contribution in [0.4, 0.5) is 5.69 Å². The molecule has 1 rings (SSSR count). The number of benzene rings is 1. The summed E-state index contributed by atoms with van der Waals surface area (Å²) in [4.78, 5) is 13.7. The van der Waals surface area contributed by atoms with E-state index in [0.717, 1.165) is 5.56 Å². The van der Waals surface area contributed by atoms with E-state index in [2.05, 4.69) is 4.98 Å². The summed E-state index contributed by atoms with van der Waals surface area (Å²) in [7, 11) is 0. The maximum absolute atomic E-state index is 10.8. The summed E-state index contributed by atoms with van der Waals surface area (Å²) in [6.45, 7) is 3.50. The first-order valence-electron chi connectivity index (χ1n) is 3.76. The zero-order chi connectivity index (χ0) is 10.0. The van der Waals surface area contributed by atoms with Gasteiger partial charge >= 0.3 is 11.7 Å². The molecule has 0 bridgehead atoms. The van der Waals surface area contributed by atoms with Crippen LogP contribution in [0.15, 0.2) is 12.1 Å². The zero-order valence-electron chi connectivity index (χ0n) is 7.78. The highest BCUT2D eigenvalue weighted by Gasteiger charge is 2.23. The van der Waals surface area contributed by atoms with E-state index in [0.29, 0.717) is 5.56 Å². The monoisotopic (exact) mass is 212 g/mol. The summed E-state index contributed by atoms with van der Waals surface area (Å²) in [5, 5.41) is 17.4. The van der Waals surface area contributed by atoms with Gasteiger partial charge in [-0.1, -0.05) is 6.07 Å². The minimum Gasteiger partial charge on any atom is -1.00 e. The second-order valence-corrected chi connectivity index (χ2v) is 2.81. The number of halogens is 1.